The Kier molecular flexibility index (Phi) is 4.75. The topological polar surface area (TPSA) is 66.4 Å². The zero-order valence-electron chi connectivity index (χ0n) is 11.4. The number of carbonyl (C=O) groups is 2. The molecule has 0 saturated heterocycles. The van der Waals surface area contributed by atoms with Gasteiger partial charge in [0.2, 0.25) is 0 Å². The van der Waals surface area contributed by atoms with Crippen LogP contribution in [0, 0.1) is 0 Å². The number of rotatable bonds is 4. The van der Waals surface area contributed by atoms with Crippen LogP contribution in [0.15, 0.2) is 46.9 Å². The smallest absolute Gasteiger partial charge is 0.337 e. The fourth-order valence-electron chi connectivity index (χ4n) is 1.89. The lowest BCUT2D eigenvalue weighted by molar-refractivity contribution is 0.0698. The van der Waals surface area contributed by atoms with Crippen LogP contribution in [0.25, 0.3) is 0 Å². The van der Waals surface area contributed by atoms with Gasteiger partial charge in [0.05, 0.1) is 11.3 Å². The zero-order chi connectivity index (χ0) is 15.4. The minimum atomic E-state index is -1.09. The molecule has 1 amide bonds. The van der Waals surface area contributed by atoms with Gasteiger partial charge in [0.1, 0.15) is 0 Å². The van der Waals surface area contributed by atoms with E-state index in [9.17, 15) is 9.59 Å². The first-order chi connectivity index (χ1) is 10.0. The molecule has 0 aliphatic rings. The highest BCUT2D eigenvalue weighted by Crippen LogP contribution is 2.22. The fraction of sp³-hybridized carbons (Fsp3) is 0.125. The molecule has 0 aliphatic heterocycles. The molecular formula is C16H14BrNO3. The third-order valence-corrected chi connectivity index (χ3v) is 3.58. The van der Waals surface area contributed by atoms with Crippen molar-refractivity contribution in [3.63, 3.8) is 0 Å². The van der Waals surface area contributed by atoms with Gasteiger partial charge < -0.3 is 10.4 Å². The quantitative estimate of drug-likeness (QED) is 0.879. The monoisotopic (exact) mass is 347 g/mol. The van der Waals surface area contributed by atoms with Gasteiger partial charge in [0.15, 0.2) is 0 Å². The molecule has 2 rings (SSSR count). The highest BCUT2D eigenvalue weighted by molar-refractivity contribution is 9.10. The molecule has 0 aromatic heterocycles. The van der Waals surface area contributed by atoms with Gasteiger partial charge in [0, 0.05) is 10.0 Å². The van der Waals surface area contributed by atoms with E-state index < -0.39 is 5.97 Å². The lowest BCUT2D eigenvalue weighted by Gasteiger charge is -2.09. The number of hydrogen-bond donors (Lipinski definition) is 2. The number of hydrogen-bond acceptors (Lipinski definition) is 2. The summed E-state index contributed by atoms with van der Waals surface area (Å²) >= 11 is 3.22. The number of carboxylic acids is 1. The van der Waals surface area contributed by atoms with Gasteiger partial charge in [0.25, 0.3) is 5.91 Å². The average molecular weight is 348 g/mol. The second kappa shape index (κ2) is 6.54. The van der Waals surface area contributed by atoms with Crippen LogP contribution in [0.5, 0.6) is 0 Å². The molecule has 2 aromatic carbocycles. The molecule has 0 aliphatic carbocycles. The number of amides is 1. The van der Waals surface area contributed by atoms with Crippen LogP contribution in [0.4, 0.5) is 5.69 Å². The van der Waals surface area contributed by atoms with Gasteiger partial charge in [-0.1, -0.05) is 35.0 Å². The fourth-order valence-corrected chi connectivity index (χ4v) is 2.25. The van der Waals surface area contributed by atoms with E-state index >= 15 is 0 Å². The van der Waals surface area contributed by atoms with E-state index in [-0.39, 0.29) is 17.2 Å². The maximum atomic E-state index is 12.2. The van der Waals surface area contributed by atoms with Crippen LogP contribution in [-0.4, -0.2) is 17.0 Å². The first-order valence-corrected chi connectivity index (χ1v) is 7.23. The molecule has 2 N–H and O–H groups in total. The Morgan fingerprint density at radius 2 is 1.81 bits per heavy atom. The van der Waals surface area contributed by atoms with Crippen molar-refractivity contribution >= 4 is 33.5 Å². The molecule has 0 fully saturated rings. The summed E-state index contributed by atoms with van der Waals surface area (Å²) in [5, 5.41) is 11.8. The molecule has 0 bridgehead atoms. The van der Waals surface area contributed by atoms with E-state index in [1.807, 2.05) is 19.1 Å². The molecule has 5 heteroatoms. The van der Waals surface area contributed by atoms with Crippen LogP contribution >= 0.6 is 15.9 Å². The number of carboxylic acid groups (broad SMARTS) is 1. The first kappa shape index (κ1) is 15.3. The Hall–Kier alpha value is -2.14. The summed E-state index contributed by atoms with van der Waals surface area (Å²) in [5.41, 5.74) is 1.95. The van der Waals surface area contributed by atoms with E-state index in [2.05, 4.69) is 21.2 Å². The lowest BCUT2D eigenvalue weighted by Crippen LogP contribution is -2.14. The number of benzene rings is 2. The highest BCUT2D eigenvalue weighted by atomic mass is 79.9. The Morgan fingerprint density at radius 1 is 1.14 bits per heavy atom. The van der Waals surface area contributed by atoms with E-state index in [0.717, 1.165) is 12.0 Å². The van der Waals surface area contributed by atoms with Gasteiger partial charge in [-0.3, -0.25) is 4.79 Å². The minimum absolute atomic E-state index is 0.0444. The third kappa shape index (κ3) is 3.70. The predicted molar refractivity (Wildman–Crippen MR) is 84.9 cm³/mol. The van der Waals surface area contributed by atoms with Crippen LogP contribution in [0.2, 0.25) is 0 Å². The van der Waals surface area contributed by atoms with E-state index in [4.69, 9.17) is 5.11 Å². The van der Waals surface area contributed by atoms with Crippen molar-refractivity contribution in [2.75, 3.05) is 5.32 Å². The van der Waals surface area contributed by atoms with Gasteiger partial charge in [-0.2, -0.15) is 0 Å². The molecular weight excluding hydrogens is 334 g/mol. The van der Waals surface area contributed by atoms with Crippen LogP contribution in [0.1, 0.15) is 33.2 Å². The molecule has 2 aromatic rings. The molecule has 0 unspecified atom stereocenters. The Morgan fingerprint density at radius 3 is 2.38 bits per heavy atom. The van der Waals surface area contributed by atoms with Gasteiger partial charge in [-0.25, -0.2) is 4.79 Å². The summed E-state index contributed by atoms with van der Waals surface area (Å²) in [4.78, 5) is 23.4. The normalized spacial score (nSPS) is 10.2. The highest BCUT2D eigenvalue weighted by Gasteiger charge is 2.14. The van der Waals surface area contributed by atoms with Gasteiger partial charge >= 0.3 is 5.97 Å². The van der Waals surface area contributed by atoms with Crippen molar-refractivity contribution in [2.24, 2.45) is 0 Å². The largest absolute Gasteiger partial charge is 0.478 e. The third-order valence-electron chi connectivity index (χ3n) is 3.08. The summed E-state index contributed by atoms with van der Waals surface area (Å²) < 4.78 is 0.644. The summed E-state index contributed by atoms with van der Waals surface area (Å²) in [6.07, 6.45) is 0.901. The maximum absolute atomic E-state index is 12.2. The van der Waals surface area contributed by atoms with Crippen molar-refractivity contribution < 1.29 is 14.7 Å². The van der Waals surface area contributed by atoms with Crippen molar-refractivity contribution in [3.8, 4) is 0 Å². The molecule has 0 atom stereocenters. The molecule has 0 radical (unpaired) electrons. The second-order valence-corrected chi connectivity index (χ2v) is 5.42. The lowest BCUT2D eigenvalue weighted by atomic mass is 10.1. The summed E-state index contributed by atoms with van der Waals surface area (Å²) in [6.45, 7) is 2.04. The van der Waals surface area contributed by atoms with Crippen molar-refractivity contribution in [3.05, 3.63) is 63.6 Å². The number of aryl methyl sites for hydroxylation is 1. The Bertz CT molecular complexity index is 680. The predicted octanol–water partition coefficient (Wildman–Crippen LogP) is 3.96. The molecule has 0 saturated carbocycles. The number of carbonyl (C=O) groups excluding carboxylic acids is 1. The number of aromatic carboxylic acids is 1. The van der Waals surface area contributed by atoms with Gasteiger partial charge in [-0.15, -0.1) is 0 Å². The summed E-state index contributed by atoms with van der Waals surface area (Å²) in [7, 11) is 0. The maximum Gasteiger partial charge on any atom is 0.337 e. The number of halogens is 1. The van der Waals surface area contributed by atoms with Crippen molar-refractivity contribution in [2.45, 2.75) is 13.3 Å². The second-order valence-electron chi connectivity index (χ2n) is 4.50. The minimum Gasteiger partial charge on any atom is -0.478 e. The molecule has 0 spiro atoms. The number of nitrogens with one attached hydrogen (secondary N) is 1. The van der Waals surface area contributed by atoms with Gasteiger partial charge in [-0.05, 0) is 42.3 Å². The first-order valence-electron chi connectivity index (χ1n) is 6.44. The average Bonchev–Trinajstić information content (AvgIpc) is 2.49. The summed E-state index contributed by atoms with van der Waals surface area (Å²) in [6, 6.07) is 11.9. The van der Waals surface area contributed by atoms with E-state index in [0.29, 0.717) is 10.0 Å². The standard InChI is InChI=1S/C16H14BrNO3/c1-2-10-3-5-11(6-4-10)15(19)18-14-8-7-12(17)9-13(14)16(20)21/h3-9H,2H2,1H3,(H,18,19)(H,20,21). The van der Waals surface area contributed by atoms with Crippen LogP contribution in [0.3, 0.4) is 0 Å². The SMILES string of the molecule is CCc1ccc(C(=O)Nc2ccc(Br)cc2C(=O)O)cc1. The molecule has 21 heavy (non-hydrogen) atoms. The van der Waals surface area contributed by atoms with E-state index in [1.165, 1.54) is 6.07 Å². The van der Waals surface area contributed by atoms with Crippen molar-refractivity contribution in [1.82, 2.24) is 0 Å². The van der Waals surface area contributed by atoms with Crippen LogP contribution in [-0.2, 0) is 6.42 Å². The Labute approximate surface area is 130 Å². The Balaban J connectivity index is 2.24. The molecule has 4 nitrogen and oxygen atoms in total. The number of anilines is 1. The summed E-state index contributed by atoms with van der Waals surface area (Å²) in [5.74, 6) is -1.42. The van der Waals surface area contributed by atoms with E-state index in [1.54, 1.807) is 24.3 Å². The zero-order valence-corrected chi connectivity index (χ0v) is 13.0. The van der Waals surface area contributed by atoms with Crippen molar-refractivity contribution in [1.29, 1.82) is 0 Å². The molecule has 108 valence electrons. The molecule has 0 heterocycles. The van der Waals surface area contributed by atoms with Crippen LogP contribution < -0.4 is 5.32 Å².